The van der Waals surface area contributed by atoms with Gasteiger partial charge in [-0.3, -0.25) is 14.2 Å². The van der Waals surface area contributed by atoms with Crippen molar-refractivity contribution in [2.24, 2.45) is 0 Å². The van der Waals surface area contributed by atoms with Gasteiger partial charge in [0.05, 0.1) is 10.2 Å². The topological polar surface area (TPSA) is 60.3 Å². The second-order valence-electron chi connectivity index (χ2n) is 7.03. The minimum atomic E-state index is -0.638. The number of thiazole rings is 1. The van der Waals surface area contributed by atoms with E-state index in [1.54, 1.807) is 11.5 Å². The largest absolute Gasteiger partial charge is 0.481 e. The summed E-state index contributed by atoms with van der Waals surface area (Å²) in [6.45, 7) is 9.66. The second-order valence-corrected chi connectivity index (χ2v) is 8.03. The molecule has 2 aromatic carbocycles. The first kappa shape index (κ1) is 19.2. The number of rotatable bonds is 5. The van der Waals surface area contributed by atoms with Gasteiger partial charge in [0.1, 0.15) is 5.75 Å². The van der Waals surface area contributed by atoms with E-state index in [-0.39, 0.29) is 16.8 Å². The van der Waals surface area contributed by atoms with Gasteiger partial charge in [0.15, 0.2) is 6.10 Å². The monoisotopic (exact) mass is 384 g/mol. The molecule has 5 nitrogen and oxygen atoms in total. The van der Waals surface area contributed by atoms with Crippen molar-refractivity contribution in [3.63, 3.8) is 0 Å². The Morgan fingerprint density at radius 2 is 1.85 bits per heavy atom. The van der Waals surface area contributed by atoms with Gasteiger partial charge in [-0.25, -0.2) is 0 Å². The summed E-state index contributed by atoms with van der Waals surface area (Å²) in [5.74, 6) is 0.468. The number of fused-ring (bicyclic) bond motifs is 1. The number of carbonyl (C=O) groups is 1. The Hall–Kier alpha value is -2.60. The minimum Gasteiger partial charge on any atom is -0.481 e. The highest BCUT2D eigenvalue weighted by Gasteiger charge is 2.17. The molecule has 0 spiro atoms. The van der Waals surface area contributed by atoms with E-state index in [4.69, 9.17) is 4.74 Å². The lowest BCUT2D eigenvalue weighted by Gasteiger charge is -2.16. The smallest absolute Gasteiger partial charge is 0.308 e. The molecule has 1 N–H and O–H groups in total. The molecule has 0 saturated carbocycles. The molecule has 1 heterocycles. The number of nitrogens with one attached hydrogen (secondary N) is 1. The van der Waals surface area contributed by atoms with Crippen LogP contribution in [0, 0.1) is 13.8 Å². The van der Waals surface area contributed by atoms with Crippen molar-refractivity contribution in [1.29, 1.82) is 0 Å². The van der Waals surface area contributed by atoms with Crippen LogP contribution >= 0.6 is 11.3 Å². The number of amides is 1. The third-order valence-electron chi connectivity index (χ3n) is 4.40. The van der Waals surface area contributed by atoms with Crippen LogP contribution in [-0.4, -0.2) is 16.6 Å². The fourth-order valence-corrected chi connectivity index (χ4v) is 4.08. The van der Waals surface area contributed by atoms with Crippen LogP contribution in [0.4, 0.5) is 5.69 Å². The lowest BCUT2D eigenvalue weighted by atomic mass is 10.1. The van der Waals surface area contributed by atoms with Gasteiger partial charge in [-0.15, -0.1) is 0 Å². The molecule has 0 aliphatic heterocycles. The molecule has 1 atom stereocenters. The number of hydrogen-bond donors (Lipinski definition) is 1. The van der Waals surface area contributed by atoms with Gasteiger partial charge >= 0.3 is 4.87 Å². The minimum absolute atomic E-state index is 0.00928. The fourth-order valence-electron chi connectivity index (χ4n) is 3.02. The molecule has 0 aliphatic rings. The lowest BCUT2D eigenvalue weighted by Crippen LogP contribution is -2.30. The van der Waals surface area contributed by atoms with E-state index in [9.17, 15) is 9.59 Å². The maximum Gasteiger partial charge on any atom is 0.308 e. The summed E-state index contributed by atoms with van der Waals surface area (Å²) < 4.78 is 8.43. The second kappa shape index (κ2) is 7.56. The number of benzene rings is 2. The van der Waals surface area contributed by atoms with Crippen molar-refractivity contribution >= 4 is 33.1 Å². The van der Waals surface area contributed by atoms with Gasteiger partial charge in [-0.2, -0.15) is 0 Å². The van der Waals surface area contributed by atoms with Crippen molar-refractivity contribution in [1.82, 2.24) is 4.57 Å². The number of aromatic nitrogens is 1. The molecule has 142 valence electrons. The van der Waals surface area contributed by atoms with E-state index in [0.29, 0.717) is 11.4 Å². The van der Waals surface area contributed by atoms with Crippen molar-refractivity contribution in [3.8, 4) is 5.75 Å². The van der Waals surface area contributed by atoms with Crippen LogP contribution in [0.25, 0.3) is 10.2 Å². The van der Waals surface area contributed by atoms with Crippen LogP contribution < -0.4 is 14.9 Å². The Bertz CT molecular complexity index is 1050. The Morgan fingerprint density at radius 1 is 1.11 bits per heavy atom. The van der Waals surface area contributed by atoms with E-state index >= 15 is 0 Å². The highest BCUT2D eigenvalue weighted by atomic mass is 32.1. The first-order chi connectivity index (χ1) is 12.8. The number of aryl methyl sites for hydroxylation is 2. The average molecular weight is 385 g/mol. The third-order valence-corrected chi connectivity index (χ3v) is 5.32. The molecular weight excluding hydrogens is 360 g/mol. The number of ether oxygens (including phenoxy) is 1. The number of hydrogen-bond acceptors (Lipinski definition) is 4. The van der Waals surface area contributed by atoms with E-state index in [0.717, 1.165) is 21.3 Å². The van der Waals surface area contributed by atoms with Gasteiger partial charge in [-0.1, -0.05) is 29.0 Å². The van der Waals surface area contributed by atoms with E-state index in [1.165, 1.54) is 11.3 Å². The van der Waals surface area contributed by atoms with E-state index < -0.39 is 6.10 Å². The fraction of sp³-hybridized carbons (Fsp3) is 0.333. The van der Waals surface area contributed by atoms with Gasteiger partial charge in [0.2, 0.25) is 0 Å². The molecule has 0 bridgehead atoms. The van der Waals surface area contributed by atoms with Crippen LogP contribution in [0.1, 0.15) is 37.9 Å². The molecule has 0 unspecified atom stereocenters. The Kier molecular flexibility index (Phi) is 5.37. The Morgan fingerprint density at radius 3 is 2.52 bits per heavy atom. The molecule has 0 aliphatic carbocycles. The van der Waals surface area contributed by atoms with Crippen LogP contribution in [-0.2, 0) is 4.79 Å². The highest BCUT2D eigenvalue weighted by molar-refractivity contribution is 7.16. The maximum absolute atomic E-state index is 12.5. The molecule has 6 heteroatoms. The molecule has 1 aromatic heterocycles. The molecule has 3 rings (SSSR count). The Balaban J connectivity index is 1.76. The van der Waals surface area contributed by atoms with Crippen molar-refractivity contribution in [2.75, 3.05) is 5.32 Å². The maximum atomic E-state index is 12.5. The SMILES string of the molecule is Cc1ccc(O[C@@H](C)C(=O)Nc2ccc3c(c2)sc(=O)n3C(C)C)c(C)c1. The van der Waals surface area contributed by atoms with Crippen LogP contribution in [0.2, 0.25) is 0 Å². The summed E-state index contributed by atoms with van der Waals surface area (Å²) in [5, 5.41) is 2.87. The molecule has 27 heavy (non-hydrogen) atoms. The van der Waals surface area contributed by atoms with Crippen LogP contribution in [0.15, 0.2) is 41.2 Å². The van der Waals surface area contributed by atoms with Crippen molar-refractivity contribution in [2.45, 2.75) is 46.8 Å². The van der Waals surface area contributed by atoms with Gasteiger partial charge < -0.3 is 10.1 Å². The normalized spacial score (nSPS) is 12.4. The predicted octanol–water partition coefficient (Wildman–Crippen LogP) is 4.67. The summed E-state index contributed by atoms with van der Waals surface area (Å²) >= 11 is 1.19. The summed E-state index contributed by atoms with van der Waals surface area (Å²) in [6, 6.07) is 11.5. The van der Waals surface area contributed by atoms with Gasteiger partial charge in [-0.05, 0) is 64.4 Å². The summed E-state index contributed by atoms with van der Waals surface area (Å²) in [6.07, 6.45) is -0.638. The molecule has 3 aromatic rings. The van der Waals surface area contributed by atoms with Gasteiger partial charge in [0.25, 0.3) is 5.91 Å². The molecule has 1 amide bonds. The predicted molar refractivity (Wildman–Crippen MR) is 111 cm³/mol. The lowest BCUT2D eigenvalue weighted by molar-refractivity contribution is -0.122. The van der Waals surface area contributed by atoms with E-state index in [1.807, 2.05) is 64.1 Å². The first-order valence-electron chi connectivity index (χ1n) is 8.96. The zero-order valence-corrected chi connectivity index (χ0v) is 17.0. The summed E-state index contributed by atoms with van der Waals surface area (Å²) in [7, 11) is 0. The summed E-state index contributed by atoms with van der Waals surface area (Å²) in [4.78, 5) is 24.7. The quantitative estimate of drug-likeness (QED) is 0.695. The highest BCUT2D eigenvalue weighted by Crippen LogP contribution is 2.25. The van der Waals surface area contributed by atoms with Crippen molar-refractivity contribution in [3.05, 3.63) is 57.2 Å². The van der Waals surface area contributed by atoms with Crippen LogP contribution in [0.3, 0.4) is 0 Å². The Labute approximate surface area is 162 Å². The number of carbonyl (C=O) groups excluding carboxylic acids is 1. The molecule has 0 radical (unpaired) electrons. The first-order valence-corrected chi connectivity index (χ1v) is 9.78. The van der Waals surface area contributed by atoms with Crippen molar-refractivity contribution < 1.29 is 9.53 Å². The average Bonchev–Trinajstić information content (AvgIpc) is 2.92. The standard InChI is InChI=1S/C21H24N2O3S/c1-12(2)23-17-8-7-16(11-19(17)27-21(23)25)22-20(24)15(5)26-18-9-6-13(3)10-14(18)4/h6-12,15H,1-5H3,(H,22,24)/t15-/m0/s1. The molecular formula is C21H24N2O3S. The third kappa shape index (κ3) is 4.06. The number of nitrogens with zero attached hydrogens (tertiary/aromatic N) is 1. The zero-order chi connectivity index (χ0) is 19.7. The number of anilines is 1. The van der Waals surface area contributed by atoms with E-state index in [2.05, 4.69) is 5.32 Å². The van der Waals surface area contributed by atoms with Gasteiger partial charge in [0, 0.05) is 11.7 Å². The van der Waals surface area contributed by atoms with Crippen LogP contribution in [0.5, 0.6) is 5.75 Å². The summed E-state index contributed by atoms with van der Waals surface area (Å²) in [5.41, 5.74) is 3.69. The molecule has 0 fully saturated rings. The zero-order valence-electron chi connectivity index (χ0n) is 16.2. The molecule has 0 saturated heterocycles.